The Morgan fingerprint density at radius 1 is 1.22 bits per heavy atom. The first kappa shape index (κ1) is 21.7. The minimum absolute atomic E-state index is 0.0458. The number of aromatic nitrogens is 2. The van der Waals surface area contributed by atoms with Gasteiger partial charge in [-0.1, -0.05) is 30.3 Å². The molecule has 2 aromatic carbocycles. The molecule has 7 heteroatoms. The number of hydrogen-bond acceptors (Lipinski definition) is 5. The van der Waals surface area contributed by atoms with Crippen molar-refractivity contribution in [3.63, 3.8) is 0 Å². The molecule has 1 aromatic heterocycles. The van der Waals surface area contributed by atoms with Crippen molar-refractivity contribution in [1.82, 2.24) is 14.5 Å². The highest BCUT2D eigenvalue weighted by Crippen LogP contribution is 2.25. The number of benzene rings is 2. The maximum absolute atomic E-state index is 12.6. The molecule has 0 radical (unpaired) electrons. The molecule has 0 bridgehead atoms. The van der Waals surface area contributed by atoms with Crippen molar-refractivity contribution in [3.05, 3.63) is 59.7 Å². The molecule has 0 saturated carbocycles. The van der Waals surface area contributed by atoms with E-state index >= 15 is 0 Å². The van der Waals surface area contributed by atoms with Crippen LogP contribution < -0.4 is 5.32 Å². The lowest BCUT2D eigenvalue weighted by atomic mass is 10.1. The van der Waals surface area contributed by atoms with Gasteiger partial charge in [-0.3, -0.25) is 0 Å². The maximum atomic E-state index is 12.6. The molecule has 1 saturated heterocycles. The molecule has 2 heterocycles. The molecular formula is C25H29N5O2. The van der Waals surface area contributed by atoms with E-state index in [9.17, 15) is 10.1 Å². The molecule has 1 aliphatic rings. The van der Waals surface area contributed by atoms with Crippen LogP contribution in [0.4, 0.5) is 10.7 Å². The lowest BCUT2D eigenvalue weighted by molar-refractivity contribution is 0.0235. The van der Waals surface area contributed by atoms with Crippen LogP contribution in [0.3, 0.4) is 0 Å². The Morgan fingerprint density at radius 2 is 1.97 bits per heavy atom. The fourth-order valence-electron chi connectivity index (χ4n) is 4.13. The molecule has 4 rings (SSSR count). The Bertz CT molecular complexity index is 1160. The molecule has 1 atom stereocenters. The number of carbonyl (C=O) groups excluding carboxylic acids is 1. The van der Waals surface area contributed by atoms with Crippen LogP contribution in [-0.4, -0.2) is 45.3 Å². The van der Waals surface area contributed by atoms with Gasteiger partial charge < -0.3 is 19.5 Å². The number of nitrogens with one attached hydrogen (secondary N) is 1. The van der Waals surface area contributed by atoms with Crippen LogP contribution in [0.15, 0.2) is 48.5 Å². The van der Waals surface area contributed by atoms with Crippen LogP contribution in [0.2, 0.25) is 0 Å². The van der Waals surface area contributed by atoms with Gasteiger partial charge in [-0.15, -0.1) is 0 Å². The summed E-state index contributed by atoms with van der Waals surface area (Å²) in [7, 11) is 0. The number of anilines is 1. The van der Waals surface area contributed by atoms with Crippen LogP contribution in [0.5, 0.6) is 0 Å². The highest BCUT2D eigenvalue weighted by Gasteiger charge is 2.32. The lowest BCUT2D eigenvalue weighted by Crippen LogP contribution is -2.42. The Labute approximate surface area is 188 Å². The second-order valence-corrected chi connectivity index (χ2v) is 9.13. The number of likely N-dealkylation sites (tertiary alicyclic amines) is 1. The minimum Gasteiger partial charge on any atom is -0.444 e. The van der Waals surface area contributed by atoms with Crippen LogP contribution in [0, 0.1) is 11.3 Å². The van der Waals surface area contributed by atoms with E-state index in [4.69, 9.17) is 9.72 Å². The predicted octanol–water partition coefficient (Wildman–Crippen LogP) is 4.77. The highest BCUT2D eigenvalue weighted by atomic mass is 16.6. The van der Waals surface area contributed by atoms with E-state index in [-0.39, 0.29) is 12.1 Å². The summed E-state index contributed by atoms with van der Waals surface area (Å²) in [4.78, 5) is 19.2. The van der Waals surface area contributed by atoms with E-state index in [0.29, 0.717) is 25.2 Å². The van der Waals surface area contributed by atoms with Gasteiger partial charge in [0.1, 0.15) is 5.60 Å². The number of imidazole rings is 1. The summed E-state index contributed by atoms with van der Waals surface area (Å²) in [5.74, 6) is 0.731. The van der Waals surface area contributed by atoms with Crippen LogP contribution in [0.1, 0.15) is 44.7 Å². The van der Waals surface area contributed by atoms with Gasteiger partial charge in [0.2, 0.25) is 5.95 Å². The molecule has 3 aromatic rings. The number of rotatable bonds is 5. The highest BCUT2D eigenvalue weighted by molar-refractivity contribution is 5.79. The van der Waals surface area contributed by atoms with Gasteiger partial charge >= 0.3 is 6.09 Å². The second kappa shape index (κ2) is 8.91. The summed E-state index contributed by atoms with van der Waals surface area (Å²) in [6.07, 6.45) is 1.61. The smallest absolute Gasteiger partial charge is 0.410 e. The molecular weight excluding hydrogens is 402 g/mol. The zero-order valence-corrected chi connectivity index (χ0v) is 18.8. The molecule has 0 aliphatic carbocycles. The molecule has 1 fully saturated rings. The number of amides is 1. The summed E-state index contributed by atoms with van der Waals surface area (Å²) in [5.41, 5.74) is 2.97. The number of nitriles is 1. The predicted molar refractivity (Wildman–Crippen MR) is 124 cm³/mol. The van der Waals surface area contributed by atoms with E-state index in [1.54, 1.807) is 0 Å². The Balaban J connectivity index is 1.56. The van der Waals surface area contributed by atoms with E-state index in [0.717, 1.165) is 35.4 Å². The third-order valence-corrected chi connectivity index (χ3v) is 5.62. The van der Waals surface area contributed by atoms with Gasteiger partial charge in [-0.2, -0.15) is 5.26 Å². The Kier molecular flexibility index (Phi) is 6.04. The average Bonchev–Trinajstić information content (AvgIpc) is 3.36. The minimum atomic E-state index is -0.514. The summed E-state index contributed by atoms with van der Waals surface area (Å²) in [6, 6.07) is 17.9. The second-order valence-electron chi connectivity index (χ2n) is 9.13. The summed E-state index contributed by atoms with van der Waals surface area (Å²) < 4.78 is 7.68. The number of nitrogens with zero attached hydrogens (tertiary/aromatic N) is 4. The normalized spacial score (nSPS) is 16.2. The first-order valence-electron chi connectivity index (χ1n) is 11.0. The molecule has 1 N–H and O–H groups in total. The van der Waals surface area contributed by atoms with E-state index < -0.39 is 5.60 Å². The number of fused-ring (bicyclic) bond motifs is 1. The topological polar surface area (TPSA) is 83.2 Å². The van der Waals surface area contributed by atoms with Gasteiger partial charge in [-0.25, -0.2) is 9.78 Å². The standard InChI is InChI=1S/C25H29N5O2/c1-25(2,3)32-24(31)29-14-8-11-20(29)16-27-23-28-21-12-6-7-13-22(21)30(23)17-19-10-5-4-9-18(19)15-26/h4-7,9-10,12-13,20H,8,11,14,16-17H2,1-3H3,(H,27,28). The van der Waals surface area contributed by atoms with Crippen molar-refractivity contribution < 1.29 is 9.53 Å². The summed E-state index contributed by atoms with van der Waals surface area (Å²) in [5, 5.41) is 13.0. The van der Waals surface area contributed by atoms with Crippen molar-refractivity contribution in [2.45, 2.75) is 51.8 Å². The number of carbonyl (C=O) groups is 1. The Morgan fingerprint density at radius 3 is 2.75 bits per heavy atom. The molecule has 166 valence electrons. The molecule has 1 aliphatic heterocycles. The quantitative estimate of drug-likeness (QED) is 0.629. The summed E-state index contributed by atoms with van der Waals surface area (Å²) in [6.45, 7) is 7.48. The molecule has 32 heavy (non-hydrogen) atoms. The molecule has 0 spiro atoms. The fraction of sp³-hybridized carbons (Fsp3) is 0.400. The van der Waals surface area contributed by atoms with Crippen molar-refractivity contribution in [2.75, 3.05) is 18.4 Å². The number of ether oxygens (including phenoxy) is 1. The van der Waals surface area contributed by atoms with E-state index in [2.05, 4.69) is 16.0 Å². The van der Waals surface area contributed by atoms with Gasteiger partial charge in [0, 0.05) is 13.1 Å². The Hall–Kier alpha value is -3.53. The fourth-order valence-corrected chi connectivity index (χ4v) is 4.13. The average molecular weight is 432 g/mol. The number of hydrogen-bond donors (Lipinski definition) is 1. The lowest BCUT2D eigenvalue weighted by Gasteiger charge is -2.28. The zero-order chi connectivity index (χ0) is 22.7. The summed E-state index contributed by atoms with van der Waals surface area (Å²) >= 11 is 0. The van der Waals surface area contributed by atoms with Crippen LogP contribution in [-0.2, 0) is 11.3 Å². The maximum Gasteiger partial charge on any atom is 0.410 e. The van der Waals surface area contributed by atoms with Crippen molar-refractivity contribution >= 4 is 23.1 Å². The van der Waals surface area contributed by atoms with Crippen molar-refractivity contribution in [2.24, 2.45) is 0 Å². The first-order chi connectivity index (χ1) is 15.4. The van der Waals surface area contributed by atoms with Gasteiger partial charge in [0.15, 0.2) is 0 Å². The molecule has 7 nitrogen and oxygen atoms in total. The van der Waals surface area contributed by atoms with Gasteiger partial charge in [0.25, 0.3) is 0 Å². The number of para-hydroxylation sites is 2. The van der Waals surface area contributed by atoms with Crippen molar-refractivity contribution in [3.8, 4) is 6.07 Å². The largest absolute Gasteiger partial charge is 0.444 e. The zero-order valence-electron chi connectivity index (χ0n) is 18.8. The van der Waals surface area contributed by atoms with Crippen LogP contribution in [0.25, 0.3) is 11.0 Å². The third kappa shape index (κ3) is 4.70. The molecule has 1 unspecified atom stereocenters. The monoisotopic (exact) mass is 431 g/mol. The van der Waals surface area contributed by atoms with E-state index in [1.165, 1.54) is 0 Å². The van der Waals surface area contributed by atoms with E-state index in [1.807, 2.05) is 74.2 Å². The first-order valence-corrected chi connectivity index (χ1v) is 11.0. The van der Waals surface area contributed by atoms with Crippen LogP contribution >= 0.6 is 0 Å². The SMILES string of the molecule is CC(C)(C)OC(=O)N1CCCC1CNc1nc2ccccc2n1Cc1ccccc1C#N. The third-order valence-electron chi connectivity index (χ3n) is 5.62. The van der Waals surface area contributed by atoms with Gasteiger partial charge in [0.05, 0.1) is 35.3 Å². The van der Waals surface area contributed by atoms with Crippen molar-refractivity contribution in [1.29, 1.82) is 5.26 Å². The molecule has 1 amide bonds. The van der Waals surface area contributed by atoms with Gasteiger partial charge in [-0.05, 0) is 57.4 Å².